The molecule has 0 saturated carbocycles. The standard InChI is InChI=1S/C23H28N2O6S2/c1-15-10-12-16(13-11-15)33(29,30)14-6-9-19(26)24-22-20(21(27)25-23(28)31-2)17-7-4-3-5-8-18(17)32-22/h10-13H,3-9,14H2,1-2H3,(H,24,26)(H,25,27,28). The zero-order chi connectivity index (χ0) is 24.0. The van der Waals surface area contributed by atoms with Crippen LogP contribution < -0.4 is 10.6 Å². The van der Waals surface area contributed by atoms with Crippen LogP contribution in [0.5, 0.6) is 0 Å². The fourth-order valence-corrected chi connectivity index (χ4v) is 6.37. The normalized spacial score (nSPS) is 13.5. The van der Waals surface area contributed by atoms with Crippen LogP contribution in [0.15, 0.2) is 29.2 Å². The maximum absolute atomic E-state index is 12.8. The highest BCUT2D eigenvalue weighted by atomic mass is 32.2. The van der Waals surface area contributed by atoms with Crippen molar-refractivity contribution in [2.24, 2.45) is 0 Å². The first-order chi connectivity index (χ1) is 15.7. The first-order valence-corrected chi connectivity index (χ1v) is 13.3. The van der Waals surface area contributed by atoms with Gasteiger partial charge in [-0.05, 0) is 56.7 Å². The van der Waals surface area contributed by atoms with E-state index in [4.69, 9.17) is 0 Å². The molecule has 0 saturated heterocycles. The Morgan fingerprint density at radius 2 is 1.76 bits per heavy atom. The molecule has 8 nitrogen and oxygen atoms in total. The molecule has 3 amide bonds. The topological polar surface area (TPSA) is 119 Å². The molecule has 0 spiro atoms. The van der Waals surface area contributed by atoms with Crippen LogP contribution in [0, 0.1) is 6.92 Å². The summed E-state index contributed by atoms with van der Waals surface area (Å²) >= 11 is 1.34. The van der Waals surface area contributed by atoms with Crippen LogP contribution in [-0.2, 0) is 32.2 Å². The Morgan fingerprint density at radius 3 is 2.45 bits per heavy atom. The van der Waals surface area contributed by atoms with E-state index >= 15 is 0 Å². The van der Waals surface area contributed by atoms with Gasteiger partial charge in [0, 0.05) is 11.3 Å². The number of fused-ring (bicyclic) bond motifs is 1. The quantitative estimate of drug-likeness (QED) is 0.564. The van der Waals surface area contributed by atoms with E-state index in [2.05, 4.69) is 15.4 Å². The van der Waals surface area contributed by atoms with Crippen LogP contribution in [0.25, 0.3) is 0 Å². The second-order valence-corrected chi connectivity index (χ2v) is 11.2. The molecule has 33 heavy (non-hydrogen) atoms. The molecular formula is C23H28N2O6S2. The largest absolute Gasteiger partial charge is 0.453 e. The highest BCUT2D eigenvalue weighted by molar-refractivity contribution is 7.91. The van der Waals surface area contributed by atoms with E-state index in [0.29, 0.717) is 17.0 Å². The number of aryl methyl sites for hydroxylation is 2. The maximum atomic E-state index is 12.8. The number of anilines is 1. The minimum atomic E-state index is -3.48. The molecule has 2 aromatic rings. The number of carbonyl (C=O) groups is 3. The number of amides is 3. The predicted octanol–water partition coefficient (Wildman–Crippen LogP) is 4.01. The van der Waals surface area contributed by atoms with Gasteiger partial charge in [-0.3, -0.25) is 14.9 Å². The van der Waals surface area contributed by atoms with Gasteiger partial charge in [0.1, 0.15) is 5.00 Å². The van der Waals surface area contributed by atoms with E-state index in [1.165, 1.54) is 18.4 Å². The van der Waals surface area contributed by atoms with E-state index < -0.39 is 21.8 Å². The van der Waals surface area contributed by atoms with Crippen molar-refractivity contribution in [1.82, 2.24) is 5.32 Å². The lowest BCUT2D eigenvalue weighted by Gasteiger charge is -2.09. The number of ether oxygens (including phenoxy) is 1. The molecule has 0 radical (unpaired) electrons. The first kappa shape index (κ1) is 24.9. The van der Waals surface area contributed by atoms with Gasteiger partial charge >= 0.3 is 6.09 Å². The Labute approximate surface area is 197 Å². The van der Waals surface area contributed by atoms with Crippen LogP contribution in [-0.4, -0.2) is 39.2 Å². The van der Waals surface area contributed by atoms with Gasteiger partial charge in [0.25, 0.3) is 5.91 Å². The highest BCUT2D eigenvalue weighted by Gasteiger charge is 2.27. The second-order valence-electron chi connectivity index (χ2n) is 8.00. The molecule has 3 rings (SSSR count). The van der Waals surface area contributed by atoms with Gasteiger partial charge < -0.3 is 10.1 Å². The minimum absolute atomic E-state index is 0.00822. The SMILES string of the molecule is COC(=O)NC(=O)c1c(NC(=O)CCCS(=O)(=O)c2ccc(C)cc2)sc2c1CCCCC2. The van der Waals surface area contributed by atoms with Crippen LogP contribution >= 0.6 is 11.3 Å². The predicted molar refractivity (Wildman–Crippen MR) is 127 cm³/mol. The van der Waals surface area contributed by atoms with Gasteiger partial charge in [0.15, 0.2) is 9.84 Å². The van der Waals surface area contributed by atoms with E-state index in [1.807, 2.05) is 6.92 Å². The third kappa shape index (κ3) is 6.42. The number of imide groups is 1. The Balaban J connectivity index is 1.69. The summed E-state index contributed by atoms with van der Waals surface area (Å²) in [6.45, 7) is 1.88. The lowest BCUT2D eigenvalue weighted by atomic mass is 10.0. The van der Waals surface area contributed by atoms with Gasteiger partial charge in [0.2, 0.25) is 5.91 Å². The summed E-state index contributed by atoms with van der Waals surface area (Å²) in [5, 5.41) is 5.33. The molecule has 178 valence electrons. The monoisotopic (exact) mass is 492 g/mol. The van der Waals surface area contributed by atoms with Gasteiger partial charge in [-0.25, -0.2) is 13.2 Å². The van der Waals surface area contributed by atoms with Gasteiger partial charge in [-0.1, -0.05) is 24.1 Å². The Hall–Kier alpha value is -2.72. The van der Waals surface area contributed by atoms with Gasteiger partial charge in [-0.15, -0.1) is 11.3 Å². The molecule has 1 aliphatic rings. The maximum Gasteiger partial charge on any atom is 0.413 e. The number of methoxy groups -OCH3 is 1. The molecule has 1 heterocycles. The summed E-state index contributed by atoms with van der Waals surface area (Å²) in [6, 6.07) is 6.61. The molecule has 1 aliphatic carbocycles. The van der Waals surface area contributed by atoms with Crippen molar-refractivity contribution >= 4 is 44.1 Å². The molecule has 0 atom stereocenters. The first-order valence-electron chi connectivity index (χ1n) is 10.8. The fraction of sp³-hybridized carbons (Fsp3) is 0.435. The van der Waals surface area contributed by atoms with Crippen LogP contribution in [0.3, 0.4) is 0 Å². The lowest BCUT2D eigenvalue weighted by Crippen LogP contribution is -2.31. The lowest BCUT2D eigenvalue weighted by molar-refractivity contribution is -0.116. The average Bonchev–Trinajstić information content (AvgIpc) is 2.94. The van der Waals surface area contributed by atoms with E-state index in [1.54, 1.807) is 24.3 Å². The number of hydrogen-bond acceptors (Lipinski definition) is 7. The van der Waals surface area contributed by atoms with E-state index in [-0.39, 0.29) is 29.4 Å². The molecule has 1 aromatic carbocycles. The number of rotatable bonds is 7. The number of benzene rings is 1. The molecule has 0 fully saturated rings. The molecule has 0 aliphatic heterocycles. The van der Waals surface area contributed by atoms with Crippen molar-refractivity contribution in [2.75, 3.05) is 18.2 Å². The highest BCUT2D eigenvalue weighted by Crippen LogP contribution is 2.37. The number of hydrogen-bond donors (Lipinski definition) is 2. The Kier molecular flexibility index (Phi) is 8.25. The van der Waals surface area contributed by atoms with Gasteiger partial charge in [0.05, 0.1) is 23.3 Å². The molecular weight excluding hydrogens is 464 g/mol. The van der Waals surface area contributed by atoms with Crippen molar-refractivity contribution in [1.29, 1.82) is 0 Å². The third-order valence-electron chi connectivity index (χ3n) is 5.50. The molecule has 0 bridgehead atoms. The van der Waals surface area contributed by atoms with Gasteiger partial charge in [-0.2, -0.15) is 0 Å². The van der Waals surface area contributed by atoms with Crippen LogP contribution in [0.1, 0.15) is 58.5 Å². The fourth-order valence-electron chi connectivity index (χ4n) is 3.75. The molecule has 0 unspecified atom stereocenters. The summed E-state index contributed by atoms with van der Waals surface area (Å²) in [7, 11) is -2.31. The molecule has 2 N–H and O–H groups in total. The van der Waals surface area contributed by atoms with E-state index in [0.717, 1.165) is 41.7 Å². The van der Waals surface area contributed by atoms with Crippen LogP contribution in [0.4, 0.5) is 9.80 Å². The molecule has 1 aromatic heterocycles. The number of sulfone groups is 1. The van der Waals surface area contributed by atoms with Crippen molar-refractivity contribution in [2.45, 2.75) is 56.8 Å². The average molecular weight is 493 g/mol. The molecule has 10 heteroatoms. The van der Waals surface area contributed by atoms with E-state index in [9.17, 15) is 22.8 Å². The summed E-state index contributed by atoms with van der Waals surface area (Å²) < 4.78 is 29.5. The number of nitrogens with one attached hydrogen (secondary N) is 2. The van der Waals surface area contributed by atoms with Crippen molar-refractivity contribution in [3.05, 3.63) is 45.8 Å². The van der Waals surface area contributed by atoms with Crippen molar-refractivity contribution in [3.8, 4) is 0 Å². The second kappa shape index (κ2) is 10.9. The third-order valence-corrected chi connectivity index (χ3v) is 8.52. The zero-order valence-electron chi connectivity index (χ0n) is 18.7. The Morgan fingerprint density at radius 1 is 1.06 bits per heavy atom. The number of carbonyl (C=O) groups excluding carboxylic acids is 3. The minimum Gasteiger partial charge on any atom is -0.453 e. The smallest absolute Gasteiger partial charge is 0.413 e. The number of thiophene rings is 1. The summed E-state index contributed by atoms with van der Waals surface area (Å²) in [5.74, 6) is -1.14. The van der Waals surface area contributed by atoms with Crippen molar-refractivity contribution < 1.29 is 27.5 Å². The zero-order valence-corrected chi connectivity index (χ0v) is 20.4. The summed E-state index contributed by atoms with van der Waals surface area (Å²) in [4.78, 5) is 38.2. The van der Waals surface area contributed by atoms with Crippen molar-refractivity contribution in [3.63, 3.8) is 0 Å². The number of alkyl carbamates (subject to hydrolysis) is 1. The Bertz CT molecular complexity index is 1140. The summed E-state index contributed by atoms with van der Waals surface area (Å²) in [5.41, 5.74) is 2.12. The summed E-state index contributed by atoms with van der Waals surface area (Å²) in [6.07, 6.45) is 3.75. The van der Waals surface area contributed by atoms with Crippen LogP contribution in [0.2, 0.25) is 0 Å².